The van der Waals surface area contributed by atoms with Gasteiger partial charge in [-0.15, -0.1) is 0 Å². The van der Waals surface area contributed by atoms with Crippen LogP contribution in [0.5, 0.6) is 0 Å². The van der Waals surface area contributed by atoms with E-state index in [-0.39, 0.29) is 0 Å². The van der Waals surface area contributed by atoms with E-state index in [0.29, 0.717) is 12.4 Å². The molecule has 3 rings (SSSR count). The maximum Gasteiger partial charge on any atom is 0.180 e. The fourth-order valence-electron chi connectivity index (χ4n) is 2.28. The molecule has 1 N–H and O–H groups in total. The molecule has 0 aliphatic carbocycles. The molecule has 0 unspecified atom stereocenters. The number of pyridine rings is 1. The van der Waals surface area contributed by atoms with E-state index in [1.165, 1.54) is 0 Å². The molecule has 0 aromatic carbocycles. The van der Waals surface area contributed by atoms with Crippen LogP contribution in [0.3, 0.4) is 0 Å². The summed E-state index contributed by atoms with van der Waals surface area (Å²) in [4.78, 5) is 13.5. The third-order valence-corrected chi connectivity index (χ3v) is 3.83. The molecule has 0 fully saturated rings. The van der Waals surface area contributed by atoms with Crippen molar-refractivity contribution >= 4 is 5.82 Å². The van der Waals surface area contributed by atoms with Crippen LogP contribution in [-0.2, 0) is 20.0 Å². The zero-order valence-electron chi connectivity index (χ0n) is 13.6. The standard InChI is InChI=1S/C17H20N6/c1-4-14-9-16(19-10-13-11-20-23(3)12(13)2)22-17(21-14)15-7-5-6-8-18-15/h5-9,11H,4,10H2,1-3H3,(H,19,21,22). The van der Waals surface area contributed by atoms with Crippen LogP contribution >= 0.6 is 0 Å². The van der Waals surface area contributed by atoms with Gasteiger partial charge in [0.05, 0.1) is 6.20 Å². The SMILES string of the molecule is CCc1cc(NCc2cnn(C)c2C)nc(-c2ccccn2)n1. The first-order chi connectivity index (χ1) is 11.2. The van der Waals surface area contributed by atoms with Crippen molar-refractivity contribution in [3.8, 4) is 11.5 Å². The molecule has 6 heteroatoms. The van der Waals surface area contributed by atoms with Crippen molar-refractivity contribution in [3.63, 3.8) is 0 Å². The molecule has 0 radical (unpaired) electrons. The van der Waals surface area contributed by atoms with Gasteiger partial charge in [0.25, 0.3) is 0 Å². The highest BCUT2D eigenvalue weighted by molar-refractivity contribution is 5.53. The number of rotatable bonds is 5. The zero-order valence-corrected chi connectivity index (χ0v) is 13.6. The Balaban J connectivity index is 1.85. The maximum atomic E-state index is 4.59. The molecule has 6 nitrogen and oxygen atoms in total. The Morgan fingerprint density at radius 3 is 2.74 bits per heavy atom. The third kappa shape index (κ3) is 3.36. The smallest absolute Gasteiger partial charge is 0.180 e. The van der Waals surface area contributed by atoms with Crippen molar-refractivity contribution in [1.29, 1.82) is 0 Å². The number of nitrogens with one attached hydrogen (secondary N) is 1. The fourth-order valence-corrected chi connectivity index (χ4v) is 2.28. The first kappa shape index (κ1) is 15.1. The summed E-state index contributed by atoms with van der Waals surface area (Å²) in [5.41, 5.74) is 4.07. The van der Waals surface area contributed by atoms with E-state index in [4.69, 9.17) is 0 Å². The summed E-state index contributed by atoms with van der Waals surface area (Å²) >= 11 is 0. The third-order valence-electron chi connectivity index (χ3n) is 3.83. The van der Waals surface area contributed by atoms with Gasteiger partial charge in [0.2, 0.25) is 0 Å². The summed E-state index contributed by atoms with van der Waals surface area (Å²) in [6.07, 6.45) is 4.48. The Morgan fingerprint density at radius 1 is 1.22 bits per heavy atom. The van der Waals surface area contributed by atoms with Crippen LogP contribution in [0.25, 0.3) is 11.5 Å². The normalized spacial score (nSPS) is 10.7. The summed E-state index contributed by atoms with van der Waals surface area (Å²) in [5, 5.41) is 7.63. The summed E-state index contributed by atoms with van der Waals surface area (Å²) in [5.74, 6) is 1.45. The molecule has 0 atom stereocenters. The van der Waals surface area contributed by atoms with E-state index in [0.717, 1.165) is 34.9 Å². The number of anilines is 1. The average Bonchev–Trinajstić information content (AvgIpc) is 2.92. The van der Waals surface area contributed by atoms with Gasteiger partial charge in [0.15, 0.2) is 5.82 Å². The lowest BCUT2D eigenvalue weighted by molar-refractivity contribution is 0.738. The second-order valence-electron chi connectivity index (χ2n) is 5.37. The Bertz CT molecular complexity index is 794. The predicted molar refractivity (Wildman–Crippen MR) is 89.9 cm³/mol. The number of aromatic nitrogens is 5. The highest BCUT2D eigenvalue weighted by atomic mass is 15.3. The Kier molecular flexibility index (Phi) is 4.32. The summed E-state index contributed by atoms with van der Waals surface area (Å²) in [6.45, 7) is 4.82. The van der Waals surface area contributed by atoms with E-state index in [9.17, 15) is 0 Å². The van der Waals surface area contributed by atoms with E-state index < -0.39 is 0 Å². The molecular weight excluding hydrogens is 288 g/mol. The van der Waals surface area contributed by atoms with Gasteiger partial charge in [0.1, 0.15) is 11.5 Å². The summed E-state index contributed by atoms with van der Waals surface area (Å²) < 4.78 is 1.87. The molecule has 0 bridgehead atoms. The molecule has 0 spiro atoms. The van der Waals surface area contributed by atoms with Crippen LogP contribution in [-0.4, -0.2) is 24.7 Å². The highest BCUT2D eigenvalue weighted by Gasteiger charge is 2.08. The average molecular weight is 308 g/mol. The topological polar surface area (TPSA) is 68.5 Å². The fraction of sp³-hybridized carbons (Fsp3) is 0.294. The lowest BCUT2D eigenvalue weighted by Gasteiger charge is -2.09. The quantitative estimate of drug-likeness (QED) is 0.785. The van der Waals surface area contributed by atoms with Gasteiger partial charge < -0.3 is 5.32 Å². The van der Waals surface area contributed by atoms with E-state index in [1.54, 1.807) is 6.20 Å². The number of nitrogens with zero attached hydrogens (tertiary/aromatic N) is 5. The van der Waals surface area contributed by atoms with Gasteiger partial charge >= 0.3 is 0 Å². The summed E-state index contributed by atoms with van der Waals surface area (Å²) in [7, 11) is 1.94. The maximum absolute atomic E-state index is 4.59. The van der Waals surface area contributed by atoms with Crippen LogP contribution in [0, 0.1) is 6.92 Å². The molecule has 0 saturated carbocycles. The van der Waals surface area contributed by atoms with Gasteiger partial charge in [0, 0.05) is 42.8 Å². The molecule has 0 amide bonds. The van der Waals surface area contributed by atoms with E-state index in [1.807, 2.05) is 42.2 Å². The number of aryl methyl sites for hydroxylation is 2. The second-order valence-corrected chi connectivity index (χ2v) is 5.37. The summed E-state index contributed by atoms with van der Waals surface area (Å²) in [6, 6.07) is 7.73. The van der Waals surface area contributed by atoms with E-state index in [2.05, 4.69) is 39.2 Å². The van der Waals surface area contributed by atoms with Gasteiger partial charge in [-0.2, -0.15) is 5.10 Å². The minimum absolute atomic E-state index is 0.648. The van der Waals surface area contributed by atoms with Crippen molar-refractivity contribution in [2.24, 2.45) is 7.05 Å². The van der Waals surface area contributed by atoms with Crippen molar-refractivity contribution in [2.45, 2.75) is 26.8 Å². The molecule has 0 aliphatic heterocycles. The van der Waals surface area contributed by atoms with Crippen LogP contribution < -0.4 is 5.32 Å². The Hall–Kier alpha value is -2.76. The Morgan fingerprint density at radius 2 is 2.09 bits per heavy atom. The lowest BCUT2D eigenvalue weighted by atomic mass is 10.2. The molecule has 3 aromatic heterocycles. The van der Waals surface area contributed by atoms with Gasteiger partial charge in [-0.1, -0.05) is 13.0 Å². The van der Waals surface area contributed by atoms with Crippen molar-refractivity contribution in [3.05, 3.63) is 53.6 Å². The number of hydrogen-bond acceptors (Lipinski definition) is 5. The molecule has 0 saturated heterocycles. The first-order valence-corrected chi connectivity index (χ1v) is 7.68. The van der Waals surface area contributed by atoms with Crippen LogP contribution in [0.2, 0.25) is 0 Å². The van der Waals surface area contributed by atoms with Gasteiger partial charge in [-0.3, -0.25) is 9.67 Å². The van der Waals surface area contributed by atoms with Crippen LogP contribution in [0.15, 0.2) is 36.7 Å². The lowest BCUT2D eigenvalue weighted by Crippen LogP contribution is -2.06. The number of hydrogen-bond donors (Lipinski definition) is 1. The Labute approximate surface area is 135 Å². The van der Waals surface area contributed by atoms with Crippen LogP contribution in [0.4, 0.5) is 5.82 Å². The van der Waals surface area contributed by atoms with E-state index >= 15 is 0 Å². The first-order valence-electron chi connectivity index (χ1n) is 7.68. The zero-order chi connectivity index (χ0) is 16.2. The van der Waals surface area contributed by atoms with Gasteiger partial charge in [-0.05, 0) is 25.5 Å². The second kappa shape index (κ2) is 6.56. The van der Waals surface area contributed by atoms with Crippen LogP contribution in [0.1, 0.15) is 23.9 Å². The largest absolute Gasteiger partial charge is 0.366 e. The minimum atomic E-state index is 0.648. The molecule has 3 aromatic rings. The molecule has 3 heterocycles. The molecule has 23 heavy (non-hydrogen) atoms. The van der Waals surface area contributed by atoms with Crippen molar-refractivity contribution < 1.29 is 0 Å². The monoisotopic (exact) mass is 308 g/mol. The molecular formula is C17H20N6. The molecule has 118 valence electrons. The molecule has 0 aliphatic rings. The highest BCUT2D eigenvalue weighted by Crippen LogP contribution is 2.17. The predicted octanol–water partition coefficient (Wildman–Crippen LogP) is 2.76. The minimum Gasteiger partial charge on any atom is -0.366 e. The van der Waals surface area contributed by atoms with Gasteiger partial charge in [-0.25, -0.2) is 9.97 Å². The van der Waals surface area contributed by atoms with Crippen molar-refractivity contribution in [1.82, 2.24) is 24.7 Å². The van der Waals surface area contributed by atoms with Crippen molar-refractivity contribution in [2.75, 3.05) is 5.32 Å².